The van der Waals surface area contributed by atoms with Crippen LogP contribution in [0, 0.1) is 5.92 Å². The molecular formula is C22H21F3N4O4. The van der Waals surface area contributed by atoms with Crippen molar-refractivity contribution < 1.29 is 32.5 Å². The van der Waals surface area contributed by atoms with Gasteiger partial charge in [-0.1, -0.05) is 18.2 Å². The molecule has 3 aromatic rings. The SMILES string of the molecule is O[C@]1([C@H]2COc3ccccc3[C@@H]2Nc2ncnc3[nH]c(C(F)(F)F)cc23)C[C@@H]2CO[C@@H](C1)O2. The van der Waals surface area contributed by atoms with E-state index in [0.717, 1.165) is 11.6 Å². The minimum atomic E-state index is -4.54. The van der Waals surface area contributed by atoms with Gasteiger partial charge in [-0.15, -0.1) is 0 Å². The summed E-state index contributed by atoms with van der Waals surface area (Å²) < 4.78 is 57.1. The van der Waals surface area contributed by atoms with E-state index in [2.05, 4.69) is 20.3 Å². The summed E-state index contributed by atoms with van der Waals surface area (Å²) in [5, 5.41) is 15.2. The lowest BCUT2D eigenvalue weighted by Gasteiger charge is -2.46. The first-order chi connectivity index (χ1) is 15.8. The number of para-hydroxylation sites is 1. The highest BCUT2D eigenvalue weighted by atomic mass is 19.4. The molecular weight excluding hydrogens is 441 g/mol. The summed E-state index contributed by atoms with van der Waals surface area (Å²) in [5.74, 6) is 0.471. The van der Waals surface area contributed by atoms with Gasteiger partial charge >= 0.3 is 6.18 Å². The second-order valence-electron chi connectivity index (χ2n) is 8.78. The average Bonchev–Trinajstić information content (AvgIpc) is 3.38. The fraction of sp³-hybridized carbons (Fsp3) is 0.455. The van der Waals surface area contributed by atoms with Crippen molar-refractivity contribution in [1.82, 2.24) is 15.0 Å². The zero-order valence-electron chi connectivity index (χ0n) is 17.3. The number of aromatic nitrogens is 3. The van der Waals surface area contributed by atoms with E-state index in [1.54, 1.807) is 0 Å². The Balaban J connectivity index is 1.41. The molecule has 3 aliphatic heterocycles. The Morgan fingerprint density at radius 3 is 2.82 bits per heavy atom. The van der Waals surface area contributed by atoms with Gasteiger partial charge in [-0.2, -0.15) is 13.2 Å². The Labute approximate surface area is 186 Å². The molecule has 0 amide bonds. The highest BCUT2D eigenvalue weighted by Gasteiger charge is 2.53. The fourth-order valence-corrected chi connectivity index (χ4v) is 5.15. The van der Waals surface area contributed by atoms with E-state index in [9.17, 15) is 18.3 Å². The molecule has 2 bridgehead atoms. The maximum absolute atomic E-state index is 13.3. The molecule has 8 nitrogen and oxygen atoms in total. The number of H-pyrrole nitrogens is 1. The number of aromatic amines is 1. The van der Waals surface area contributed by atoms with Gasteiger partial charge in [0, 0.05) is 24.3 Å². The molecule has 2 fully saturated rings. The molecule has 3 N–H and O–H groups in total. The molecule has 0 aliphatic carbocycles. The lowest BCUT2D eigenvalue weighted by atomic mass is 9.73. The molecule has 2 saturated heterocycles. The number of hydrogen-bond donors (Lipinski definition) is 3. The van der Waals surface area contributed by atoms with Crippen LogP contribution in [-0.2, 0) is 15.7 Å². The molecule has 0 spiro atoms. The van der Waals surface area contributed by atoms with Gasteiger partial charge in [0.15, 0.2) is 6.29 Å². The van der Waals surface area contributed by atoms with Gasteiger partial charge in [0.2, 0.25) is 0 Å². The third-order valence-corrected chi connectivity index (χ3v) is 6.70. The predicted molar refractivity (Wildman–Crippen MR) is 109 cm³/mol. The minimum Gasteiger partial charge on any atom is -0.493 e. The summed E-state index contributed by atoms with van der Waals surface area (Å²) in [4.78, 5) is 10.5. The largest absolute Gasteiger partial charge is 0.493 e. The van der Waals surface area contributed by atoms with Crippen LogP contribution in [-0.4, -0.2) is 51.3 Å². The lowest BCUT2D eigenvalue weighted by Crippen LogP contribution is -2.53. The summed E-state index contributed by atoms with van der Waals surface area (Å²) in [6.07, 6.45) is -3.38. The number of nitrogens with zero attached hydrogens (tertiary/aromatic N) is 2. The number of hydrogen-bond acceptors (Lipinski definition) is 7. The predicted octanol–water partition coefficient (Wildman–Crippen LogP) is 3.40. The molecule has 0 unspecified atom stereocenters. The average molecular weight is 462 g/mol. The molecule has 174 valence electrons. The molecule has 2 aromatic heterocycles. The van der Waals surface area contributed by atoms with Crippen molar-refractivity contribution in [3.63, 3.8) is 0 Å². The van der Waals surface area contributed by atoms with Crippen LogP contribution in [0.15, 0.2) is 36.7 Å². The first-order valence-corrected chi connectivity index (χ1v) is 10.7. The van der Waals surface area contributed by atoms with E-state index < -0.39 is 35.7 Å². The van der Waals surface area contributed by atoms with E-state index in [-0.39, 0.29) is 36.0 Å². The summed E-state index contributed by atoms with van der Waals surface area (Å²) in [5.41, 5.74) is -1.19. The van der Waals surface area contributed by atoms with Gasteiger partial charge < -0.3 is 29.6 Å². The van der Waals surface area contributed by atoms with Crippen molar-refractivity contribution >= 4 is 16.9 Å². The van der Waals surface area contributed by atoms with Crippen LogP contribution in [0.1, 0.15) is 30.1 Å². The first kappa shape index (κ1) is 20.7. The Morgan fingerprint density at radius 2 is 2.00 bits per heavy atom. The minimum absolute atomic E-state index is 0.0768. The number of benzene rings is 1. The lowest BCUT2D eigenvalue weighted by molar-refractivity contribution is -0.182. The molecule has 5 heterocycles. The van der Waals surface area contributed by atoms with E-state index >= 15 is 0 Å². The maximum atomic E-state index is 13.3. The van der Waals surface area contributed by atoms with Gasteiger partial charge in [-0.05, 0) is 12.1 Å². The van der Waals surface area contributed by atoms with Crippen molar-refractivity contribution in [1.29, 1.82) is 0 Å². The summed E-state index contributed by atoms with van der Waals surface area (Å²) in [7, 11) is 0. The number of anilines is 1. The Kier molecular flexibility index (Phi) is 4.58. The topological polar surface area (TPSA) is 102 Å². The normalized spacial score (nSPS) is 31.3. The van der Waals surface area contributed by atoms with Crippen molar-refractivity contribution in [2.45, 2.75) is 43.1 Å². The van der Waals surface area contributed by atoms with Crippen LogP contribution >= 0.6 is 0 Å². The van der Waals surface area contributed by atoms with Crippen LogP contribution in [0.2, 0.25) is 0 Å². The van der Waals surface area contributed by atoms with E-state index in [0.29, 0.717) is 18.8 Å². The van der Waals surface area contributed by atoms with Crippen LogP contribution in [0.25, 0.3) is 11.0 Å². The van der Waals surface area contributed by atoms with Crippen LogP contribution in [0.3, 0.4) is 0 Å². The van der Waals surface area contributed by atoms with E-state index in [1.165, 1.54) is 6.33 Å². The van der Waals surface area contributed by atoms with Crippen LogP contribution in [0.4, 0.5) is 19.0 Å². The van der Waals surface area contributed by atoms with Crippen molar-refractivity contribution in [3.8, 4) is 5.75 Å². The number of ether oxygens (including phenoxy) is 3. The quantitative estimate of drug-likeness (QED) is 0.548. The zero-order valence-corrected chi connectivity index (χ0v) is 17.3. The first-order valence-electron chi connectivity index (χ1n) is 10.7. The van der Waals surface area contributed by atoms with E-state index in [1.807, 2.05) is 24.3 Å². The molecule has 3 aliphatic rings. The number of aliphatic hydroxyl groups is 1. The van der Waals surface area contributed by atoms with Gasteiger partial charge in [0.25, 0.3) is 0 Å². The fourth-order valence-electron chi connectivity index (χ4n) is 5.15. The third kappa shape index (κ3) is 3.51. The summed E-state index contributed by atoms with van der Waals surface area (Å²) in [6, 6.07) is 7.93. The van der Waals surface area contributed by atoms with Crippen LogP contribution in [0.5, 0.6) is 5.75 Å². The zero-order chi connectivity index (χ0) is 22.8. The van der Waals surface area contributed by atoms with E-state index in [4.69, 9.17) is 14.2 Å². The number of rotatable bonds is 3. The third-order valence-electron chi connectivity index (χ3n) is 6.70. The Hall–Kier alpha value is -2.89. The van der Waals surface area contributed by atoms with Gasteiger partial charge in [0.1, 0.15) is 29.2 Å². The van der Waals surface area contributed by atoms with Gasteiger partial charge in [-0.3, -0.25) is 0 Å². The summed E-state index contributed by atoms with van der Waals surface area (Å²) >= 11 is 0. The Bertz CT molecular complexity index is 1190. The van der Waals surface area contributed by atoms with Crippen molar-refractivity contribution in [2.75, 3.05) is 18.5 Å². The van der Waals surface area contributed by atoms with Crippen molar-refractivity contribution in [2.24, 2.45) is 5.92 Å². The Morgan fingerprint density at radius 1 is 1.15 bits per heavy atom. The second-order valence-corrected chi connectivity index (χ2v) is 8.78. The second kappa shape index (κ2) is 7.31. The molecule has 1 aromatic carbocycles. The monoisotopic (exact) mass is 462 g/mol. The smallest absolute Gasteiger partial charge is 0.431 e. The molecule has 11 heteroatoms. The molecule has 0 saturated carbocycles. The molecule has 5 atom stereocenters. The summed E-state index contributed by atoms with van der Waals surface area (Å²) in [6.45, 7) is 0.644. The highest BCUT2D eigenvalue weighted by molar-refractivity contribution is 5.88. The number of halogens is 3. The maximum Gasteiger partial charge on any atom is 0.431 e. The highest BCUT2D eigenvalue weighted by Crippen LogP contribution is 2.48. The molecule has 33 heavy (non-hydrogen) atoms. The van der Waals surface area contributed by atoms with Gasteiger partial charge in [0.05, 0.1) is 36.3 Å². The van der Waals surface area contributed by atoms with Crippen molar-refractivity contribution in [3.05, 3.63) is 47.9 Å². The number of fused-ring (bicyclic) bond motifs is 4. The standard InChI is InChI=1S/C22H21F3N4O4/c23-22(24,25)16-5-13-19(28-16)26-10-27-20(13)29-18-12-3-1-2-4-15(12)31-9-14(18)21(30)6-11-8-32-17(7-21)33-11/h1-5,10-11,14,17-18,30H,6-9H2,(H2,26,27,28,29)/t11-,14+,17-,18+,21-/m1/s1. The van der Waals surface area contributed by atoms with Crippen LogP contribution < -0.4 is 10.1 Å². The molecule has 6 rings (SSSR count). The number of alkyl halides is 3. The molecule has 0 radical (unpaired) electrons. The van der Waals surface area contributed by atoms with Gasteiger partial charge in [-0.25, -0.2) is 9.97 Å². The number of nitrogens with one attached hydrogen (secondary N) is 2.